The maximum absolute atomic E-state index is 11.8. The Kier molecular flexibility index (Phi) is 6.14. The highest BCUT2D eigenvalue weighted by Gasteiger charge is 2.11. The molecule has 1 aromatic carbocycles. The van der Waals surface area contributed by atoms with Gasteiger partial charge >= 0.3 is 5.97 Å². The third kappa shape index (κ3) is 4.65. The van der Waals surface area contributed by atoms with E-state index in [-0.39, 0.29) is 5.97 Å². The van der Waals surface area contributed by atoms with Gasteiger partial charge in [0, 0.05) is 6.54 Å². The van der Waals surface area contributed by atoms with Crippen LogP contribution in [0.15, 0.2) is 18.2 Å². The van der Waals surface area contributed by atoms with Crippen molar-refractivity contribution >= 4 is 29.2 Å². The van der Waals surface area contributed by atoms with E-state index in [1.54, 1.807) is 12.1 Å². The average Bonchev–Trinajstić information content (AvgIpc) is 2.47. The molecule has 0 amide bonds. The zero-order chi connectivity index (χ0) is 14.4. The van der Waals surface area contributed by atoms with Crippen LogP contribution in [-0.2, 0) is 4.74 Å². The summed E-state index contributed by atoms with van der Waals surface area (Å²) < 4.78 is 5.25. The second kappa shape index (κ2) is 7.87. The van der Waals surface area contributed by atoms with E-state index in [9.17, 15) is 4.79 Å². The van der Waals surface area contributed by atoms with Crippen molar-refractivity contribution < 1.29 is 9.53 Å². The maximum atomic E-state index is 11.8. The Labute approximate surface area is 129 Å². The number of carbonyl (C=O) groups is 1. The minimum absolute atomic E-state index is 0.345. The molecule has 0 N–H and O–H groups in total. The number of likely N-dealkylation sites (tertiary alicyclic amines) is 1. The minimum Gasteiger partial charge on any atom is -0.462 e. The van der Waals surface area contributed by atoms with Crippen molar-refractivity contribution in [1.82, 2.24) is 4.90 Å². The second-order valence-corrected chi connectivity index (χ2v) is 5.84. The van der Waals surface area contributed by atoms with Crippen molar-refractivity contribution in [2.24, 2.45) is 0 Å². The van der Waals surface area contributed by atoms with Gasteiger partial charge < -0.3 is 9.64 Å². The van der Waals surface area contributed by atoms with Gasteiger partial charge in [0.05, 0.1) is 22.2 Å². The highest BCUT2D eigenvalue weighted by Crippen LogP contribution is 2.22. The molecule has 110 valence electrons. The van der Waals surface area contributed by atoms with Gasteiger partial charge in [0.1, 0.15) is 0 Å². The van der Waals surface area contributed by atoms with E-state index in [0.29, 0.717) is 22.2 Å². The Bertz CT molecular complexity index is 459. The fourth-order valence-electron chi connectivity index (χ4n) is 2.34. The third-order valence-electron chi connectivity index (χ3n) is 3.46. The first-order chi connectivity index (χ1) is 9.66. The third-order valence-corrected chi connectivity index (χ3v) is 4.19. The summed E-state index contributed by atoms with van der Waals surface area (Å²) in [6, 6.07) is 4.77. The lowest BCUT2D eigenvalue weighted by atomic mass is 10.1. The molecule has 0 radical (unpaired) electrons. The number of piperidine rings is 1. The fraction of sp³-hybridized carbons (Fsp3) is 0.533. The SMILES string of the molecule is O=C(OCCCN1CCCCC1)c1ccc(Cl)c(Cl)c1. The molecule has 1 aromatic rings. The quantitative estimate of drug-likeness (QED) is 0.607. The van der Waals surface area contributed by atoms with Crippen LogP contribution in [0.25, 0.3) is 0 Å². The molecule has 0 bridgehead atoms. The summed E-state index contributed by atoms with van der Waals surface area (Å²) in [7, 11) is 0. The zero-order valence-corrected chi connectivity index (χ0v) is 12.9. The summed E-state index contributed by atoms with van der Waals surface area (Å²) in [6.07, 6.45) is 4.77. The number of esters is 1. The van der Waals surface area contributed by atoms with Gasteiger partial charge in [0.2, 0.25) is 0 Å². The summed E-state index contributed by atoms with van der Waals surface area (Å²) in [6.45, 7) is 3.77. The molecular weight excluding hydrogens is 297 g/mol. The standard InChI is InChI=1S/C15H19Cl2NO2/c16-13-6-5-12(11-14(13)17)15(19)20-10-4-9-18-7-2-1-3-8-18/h5-6,11H,1-4,7-10H2. The van der Waals surface area contributed by atoms with Crippen molar-refractivity contribution in [3.8, 4) is 0 Å². The average molecular weight is 316 g/mol. The first-order valence-electron chi connectivity index (χ1n) is 7.01. The number of halogens is 2. The molecule has 1 aliphatic heterocycles. The van der Waals surface area contributed by atoms with Gasteiger partial charge in [0.25, 0.3) is 0 Å². The molecule has 0 unspecified atom stereocenters. The van der Waals surface area contributed by atoms with Crippen LogP contribution in [-0.4, -0.2) is 37.1 Å². The Balaban J connectivity index is 1.70. The van der Waals surface area contributed by atoms with Crippen molar-refractivity contribution in [3.05, 3.63) is 33.8 Å². The van der Waals surface area contributed by atoms with Crippen molar-refractivity contribution in [2.75, 3.05) is 26.2 Å². The summed E-state index contributed by atoms with van der Waals surface area (Å²) in [5.74, 6) is -0.345. The van der Waals surface area contributed by atoms with Crippen LogP contribution >= 0.6 is 23.2 Å². The topological polar surface area (TPSA) is 29.5 Å². The van der Waals surface area contributed by atoms with Crippen LogP contribution in [0, 0.1) is 0 Å². The largest absolute Gasteiger partial charge is 0.462 e. The Morgan fingerprint density at radius 1 is 1.15 bits per heavy atom. The molecule has 1 aliphatic rings. The van der Waals surface area contributed by atoms with Crippen molar-refractivity contribution in [1.29, 1.82) is 0 Å². The van der Waals surface area contributed by atoms with Crippen LogP contribution in [0.3, 0.4) is 0 Å². The molecule has 20 heavy (non-hydrogen) atoms. The molecule has 1 fully saturated rings. The van der Waals surface area contributed by atoms with E-state index < -0.39 is 0 Å². The van der Waals surface area contributed by atoms with Gasteiger partial charge in [-0.1, -0.05) is 29.6 Å². The maximum Gasteiger partial charge on any atom is 0.338 e. The molecular formula is C15H19Cl2NO2. The van der Waals surface area contributed by atoms with Crippen LogP contribution < -0.4 is 0 Å². The molecule has 0 aliphatic carbocycles. The number of carbonyl (C=O) groups excluding carboxylic acids is 1. The molecule has 2 rings (SSSR count). The Morgan fingerprint density at radius 3 is 2.60 bits per heavy atom. The Hall–Kier alpha value is -0.770. The van der Waals surface area contributed by atoms with E-state index in [1.807, 2.05) is 0 Å². The lowest BCUT2D eigenvalue weighted by Gasteiger charge is -2.26. The highest BCUT2D eigenvalue weighted by molar-refractivity contribution is 6.42. The number of nitrogens with zero attached hydrogens (tertiary/aromatic N) is 1. The van der Waals surface area contributed by atoms with Gasteiger partial charge in [-0.15, -0.1) is 0 Å². The van der Waals surface area contributed by atoms with E-state index in [1.165, 1.54) is 38.4 Å². The normalized spacial score (nSPS) is 16.1. The predicted octanol–water partition coefficient (Wildman–Crippen LogP) is 4.03. The highest BCUT2D eigenvalue weighted by atomic mass is 35.5. The lowest BCUT2D eigenvalue weighted by Crippen LogP contribution is -2.31. The number of hydrogen-bond acceptors (Lipinski definition) is 3. The molecule has 3 nitrogen and oxygen atoms in total. The fourth-order valence-corrected chi connectivity index (χ4v) is 2.64. The van der Waals surface area contributed by atoms with Gasteiger partial charge in [-0.2, -0.15) is 0 Å². The van der Waals surface area contributed by atoms with Gasteiger partial charge in [-0.05, 0) is 50.6 Å². The second-order valence-electron chi connectivity index (χ2n) is 5.02. The lowest BCUT2D eigenvalue weighted by molar-refractivity contribution is 0.0485. The predicted molar refractivity (Wildman–Crippen MR) is 81.7 cm³/mol. The molecule has 0 spiro atoms. The number of rotatable bonds is 5. The number of hydrogen-bond donors (Lipinski definition) is 0. The van der Waals surface area contributed by atoms with Gasteiger partial charge in [0.15, 0.2) is 0 Å². The van der Waals surface area contributed by atoms with E-state index in [0.717, 1.165) is 13.0 Å². The summed E-state index contributed by atoms with van der Waals surface area (Å²) in [5, 5.41) is 0.808. The first kappa shape index (κ1) is 15.6. The first-order valence-corrected chi connectivity index (χ1v) is 7.77. The minimum atomic E-state index is -0.345. The van der Waals surface area contributed by atoms with Crippen molar-refractivity contribution in [3.63, 3.8) is 0 Å². The van der Waals surface area contributed by atoms with E-state index in [2.05, 4.69) is 4.90 Å². The molecule has 0 saturated carbocycles. The van der Waals surface area contributed by atoms with Crippen LogP contribution in [0.4, 0.5) is 0 Å². The molecule has 0 atom stereocenters. The summed E-state index contributed by atoms with van der Waals surface area (Å²) in [5.41, 5.74) is 0.442. The Morgan fingerprint density at radius 2 is 1.90 bits per heavy atom. The van der Waals surface area contributed by atoms with Gasteiger partial charge in [-0.25, -0.2) is 4.79 Å². The monoisotopic (exact) mass is 315 g/mol. The van der Waals surface area contributed by atoms with Crippen molar-refractivity contribution in [2.45, 2.75) is 25.7 Å². The molecule has 1 saturated heterocycles. The smallest absolute Gasteiger partial charge is 0.338 e. The number of benzene rings is 1. The molecule has 1 heterocycles. The van der Waals surface area contributed by atoms with Crippen LogP contribution in [0.1, 0.15) is 36.0 Å². The number of ether oxygens (including phenoxy) is 1. The van der Waals surface area contributed by atoms with Gasteiger partial charge in [-0.3, -0.25) is 0 Å². The van der Waals surface area contributed by atoms with E-state index in [4.69, 9.17) is 27.9 Å². The van der Waals surface area contributed by atoms with Crippen LogP contribution in [0.5, 0.6) is 0 Å². The zero-order valence-electron chi connectivity index (χ0n) is 11.4. The summed E-state index contributed by atoms with van der Waals surface area (Å²) >= 11 is 11.7. The van der Waals surface area contributed by atoms with Crippen LogP contribution in [0.2, 0.25) is 10.0 Å². The summed E-state index contributed by atoms with van der Waals surface area (Å²) in [4.78, 5) is 14.2. The molecule has 0 aromatic heterocycles. The molecule has 5 heteroatoms. The van der Waals surface area contributed by atoms with E-state index >= 15 is 0 Å².